The number of fused-ring (bicyclic) bond motifs is 1. The Bertz CT molecular complexity index is 480. The van der Waals surface area contributed by atoms with Crippen LogP contribution in [-0.4, -0.2) is 4.57 Å². The second-order valence-electron chi connectivity index (χ2n) is 4.40. The van der Waals surface area contributed by atoms with Crippen LogP contribution in [0.5, 0.6) is 0 Å². The molecule has 0 saturated carbocycles. The molecule has 1 aromatic carbocycles. The van der Waals surface area contributed by atoms with Gasteiger partial charge in [0.15, 0.2) is 0 Å². The van der Waals surface area contributed by atoms with E-state index >= 15 is 0 Å². The zero-order chi connectivity index (χ0) is 11.0. The highest BCUT2D eigenvalue weighted by atomic mass is 14.9. The van der Waals surface area contributed by atoms with Gasteiger partial charge in [-0.15, -0.1) is 0 Å². The van der Waals surface area contributed by atoms with Gasteiger partial charge in [-0.2, -0.15) is 0 Å². The van der Waals surface area contributed by atoms with E-state index in [1.807, 2.05) is 12.1 Å². The summed E-state index contributed by atoms with van der Waals surface area (Å²) in [5.74, 6) is 1.42. The number of hydrogen-bond donors (Lipinski definition) is 1. The van der Waals surface area contributed by atoms with E-state index in [0.717, 1.165) is 12.1 Å². The second-order valence-corrected chi connectivity index (χ2v) is 4.40. The fraction of sp³-hybridized carbons (Fsp3) is 0.308. The normalized spacial score (nSPS) is 11.5. The first-order valence-corrected chi connectivity index (χ1v) is 5.21. The Balaban J connectivity index is 2.54. The summed E-state index contributed by atoms with van der Waals surface area (Å²) in [6.45, 7) is 4.32. The van der Waals surface area contributed by atoms with Crippen molar-refractivity contribution in [3.8, 4) is 0 Å². The summed E-state index contributed by atoms with van der Waals surface area (Å²) in [6.07, 6.45) is 1.03. The van der Waals surface area contributed by atoms with Crippen molar-refractivity contribution in [2.75, 3.05) is 5.73 Å². The van der Waals surface area contributed by atoms with Gasteiger partial charge in [-0.25, -0.2) is 0 Å². The van der Waals surface area contributed by atoms with E-state index in [0.29, 0.717) is 0 Å². The predicted octanol–water partition coefficient (Wildman–Crippen LogP) is 2.92. The Morgan fingerprint density at radius 1 is 1.27 bits per heavy atom. The van der Waals surface area contributed by atoms with Gasteiger partial charge in [-0.3, -0.25) is 0 Å². The number of aromatic nitrogens is 1. The van der Waals surface area contributed by atoms with E-state index < -0.39 is 0 Å². The van der Waals surface area contributed by atoms with Gasteiger partial charge in [-0.1, -0.05) is 13.8 Å². The summed E-state index contributed by atoms with van der Waals surface area (Å²) >= 11 is 0. The Labute approximate surface area is 90.7 Å². The first-order chi connectivity index (χ1) is 7.08. The molecule has 0 aliphatic heterocycles. The van der Waals surface area contributed by atoms with Crippen LogP contribution in [0.3, 0.4) is 0 Å². The van der Waals surface area contributed by atoms with Gasteiger partial charge in [-0.05, 0) is 36.6 Å². The van der Waals surface area contributed by atoms with Crippen molar-refractivity contribution in [1.29, 1.82) is 0 Å². The molecule has 79 valence electrons. The molecule has 0 unspecified atom stereocenters. The van der Waals surface area contributed by atoms with Crippen LogP contribution in [-0.2, 0) is 13.5 Å². The van der Waals surface area contributed by atoms with Gasteiger partial charge in [0.25, 0.3) is 0 Å². The minimum atomic E-state index is 0.830. The molecular formula is C13H17N2. The van der Waals surface area contributed by atoms with E-state index in [2.05, 4.69) is 37.6 Å². The van der Waals surface area contributed by atoms with Gasteiger partial charge in [0, 0.05) is 29.3 Å². The number of benzene rings is 1. The van der Waals surface area contributed by atoms with Gasteiger partial charge in [0.2, 0.25) is 0 Å². The minimum Gasteiger partial charge on any atom is -0.399 e. The molecule has 0 amide bonds. The molecule has 2 nitrogen and oxygen atoms in total. The lowest BCUT2D eigenvalue weighted by molar-refractivity contribution is 0.827. The predicted molar refractivity (Wildman–Crippen MR) is 65.6 cm³/mol. The first-order valence-electron chi connectivity index (χ1n) is 5.21. The van der Waals surface area contributed by atoms with Crippen LogP contribution >= 0.6 is 0 Å². The number of nitrogens with zero attached hydrogens (tertiary/aromatic N) is 1. The second kappa shape index (κ2) is 3.61. The van der Waals surface area contributed by atoms with Crippen molar-refractivity contribution >= 4 is 16.6 Å². The molecule has 2 N–H and O–H groups in total. The summed E-state index contributed by atoms with van der Waals surface area (Å²) in [5, 5.41) is 1.23. The molecule has 0 saturated heterocycles. The van der Waals surface area contributed by atoms with Gasteiger partial charge in [0.05, 0.1) is 0 Å². The van der Waals surface area contributed by atoms with E-state index in [1.54, 1.807) is 0 Å². The minimum absolute atomic E-state index is 0.830. The van der Waals surface area contributed by atoms with E-state index in [9.17, 15) is 0 Å². The lowest BCUT2D eigenvalue weighted by Gasteiger charge is -2.06. The molecule has 0 aliphatic rings. The largest absolute Gasteiger partial charge is 0.399 e. The number of anilines is 1. The van der Waals surface area contributed by atoms with Gasteiger partial charge >= 0.3 is 0 Å². The number of nitrogens with two attached hydrogens (primary N) is 1. The fourth-order valence-corrected chi connectivity index (χ4v) is 1.96. The number of hydrogen-bond acceptors (Lipinski definition) is 1. The zero-order valence-electron chi connectivity index (χ0n) is 9.54. The maximum absolute atomic E-state index is 5.77. The maximum atomic E-state index is 5.77. The lowest BCUT2D eigenvalue weighted by atomic mass is 10.1. The third-order valence-electron chi connectivity index (χ3n) is 2.70. The van der Waals surface area contributed by atoms with E-state index in [1.165, 1.54) is 22.5 Å². The number of rotatable bonds is 2. The van der Waals surface area contributed by atoms with Crippen LogP contribution in [0.15, 0.2) is 24.3 Å². The zero-order valence-corrected chi connectivity index (χ0v) is 9.54. The molecule has 1 heterocycles. The van der Waals surface area contributed by atoms with Crippen molar-refractivity contribution in [3.63, 3.8) is 0 Å². The topological polar surface area (TPSA) is 30.9 Å². The molecule has 0 bridgehead atoms. The van der Waals surface area contributed by atoms with Crippen molar-refractivity contribution in [3.05, 3.63) is 35.9 Å². The van der Waals surface area contributed by atoms with Crippen molar-refractivity contribution in [1.82, 2.24) is 4.57 Å². The van der Waals surface area contributed by atoms with Crippen LogP contribution in [0.25, 0.3) is 10.9 Å². The fourth-order valence-electron chi connectivity index (χ4n) is 1.96. The molecular weight excluding hydrogens is 184 g/mol. The Hall–Kier alpha value is -1.44. The maximum Gasteiger partial charge on any atom is 0.0481 e. The molecule has 0 atom stereocenters. The molecule has 15 heavy (non-hydrogen) atoms. The summed E-state index contributed by atoms with van der Waals surface area (Å²) in [4.78, 5) is 0. The average Bonchev–Trinajstić information content (AvgIpc) is 2.42. The van der Waals surface area contributed by atoms with Crippen molar-refractivity contribution < 1.29 is 0 Å². The average molecular weight is 201 g/mol. The van der Waals surface area contributed by atoms with Gasteiger partial charge in [0.1, 0.15) is 0 Å². The van der Waals surface area contributed by atoms with Crippen molar-refractivity contribution in [2.24, 2.45) is 7.05 Å². The summed E-state index contributed by atoms with van der Waals surface area (Å²) in [6, 6.07) is 8.29. The first kappa shape index (κ1) is 10.1. The Morgan fingerprint density at radius 2 is 2.00 bits per heavy atom. The molecule has 0 fully saturated rings. The standard InChI is InChI=1S/C13H17N2/c1-9(2)6-12-8-10-7-11(14)4-5-13(10)15(12)3/h4-5,7-8H,6,14H2,1-3H3. The smallest absolute Gasteiger partial charge is 0.0481 e. The highest BCUT2D eigenvalue weighted by Gasteiger charge is 2.07. The molecule has 2 rings (SSSR count). The van der Waals surface area contributed by atoms with Crippen molar-refractivity contribution in [2.45, 2.75) is 20.3 Å². The molecule has 1 radical (unpaired) electrons. The molecule has 1 aromatic heterocycles. The third kappa shape index (κ3) is 1.84. The summed E-state index contributed by atoms with van der Waals surface area (Å²) < 4.78 is 2.24. The monoisotopic (exact) mass is 201 g/mol. The number of nitrogen functional groups attached to an aromatic ring is 1. The SMILES string of the molecule is C[C](C)Cc1cc2cc(N)ccc2n1C. The van der Waals surface area contributed by atoms with Crippen LogP contribution < -0.4 is 5.73 Å². The molecule has 2 heteroatoms. The molecule has 2 aromatic rings. The van der Waals surface area contributed by atoms with Crippen LogP contribution in [0.2, 0.25) is 0 Å². The number of aryl methyl sites for hydroxylation is 1. The summed E-state index contributed by atoms with van der Waals surface area (Å²) in [7, 11) is 2.11. The Morgan fingerprint density at radius 3 is 2.67 bits per heavy atom. The third-order valence-corrected chi connectivity index (χ3v) is 2.70. The van der Waals surface area contributed by atoms with E-state index in [4.69, 9.17) is 5.73 Å². The van der Waals surface area contributed by atoms with Crippen LogP contribution in [0.4, 0.5) is 5.69 Å². The Kier molecular flexibility index (Phi) is 2.43. The van der Waals surface area contributed by atoms with E-state index in [-0.39, 0.29) is 0 Å². The highest BCUT2D eigenvalue weighted by Crippen LogP contribution is 2.23. The van der Waals surface area contributed by atoms with Crippen LogP contribution in [0, 0.1) is 5.92 Å². The lowest BCUT2D eigenvalue weighted by Crippen LogP contribution is -1.99. The summed E-state index contributed by atoms with van der Waals surface area (Å²) in [5.41, 5.74) is 9.19. The van der Waals surface area contributed by atoms with Gasteiger partial charge < -0.3 is 10.3 Å². The molecule has 0 aliphatic carbocycles. The molecule has 0 spiro atoms. The quantitative estimate of drug-likeness (QED) is 0.744. The highest BCUT2D eigenvalue weighted by molar-refractivity contribution is 5.84. The van der Waals surface area contributed by atoms with Crippen LogP contribution in [0.1, 0.15) is 19.5 Å².